The van der Waals surface area contributed by atoms with Gasteiger partial charge in [-0.2, -0.15) is 5.26 Å². The molecular formula is C12H13FN2O3. The highest BCUT2D eigenvalue weighted by atomic mass is 19.1. The Morgan fingerprint density at radius 1 is 1.56 bits per heavy atom. The van der Waals surface area contributed by atoms with Gasteiger partial charge in [0.05, 0.1) is 11.6 Å². The van der Waals surface area contributed by atoms with Crippen LogP contribution in [0.25, 0.3) is 0 Å². The van der Waals surface area contributed by atoms with E-state index in [1.54, 1.807) is 6.07 Å². The molecule has 18 heavy (non-hydrogen) atoms. The second kappa shape index (κ2) is 6.10. The molecule has 0 aliphatic rings. The topological polar surface area (TPSA) is 93.3 Å². The van der Waals surface area contributed by atoms with E-state index < -0.39 is 18.0 Å². The third-order valence-corrected chi connectivity index (χ3v) is 2.38. The number of hydrogen-bond donors (Lipinski definition) is 3. The fourth-order valence-electron chi connectivity index (χ4n) is 1.45. The minimum atomic E-state index is -1.37. The van der Waals surface area contributed by atoms with Gasteiger partial charge in [0.1, 0.15) is 18.0 Å². The molecule has 2 unspecified atom stereocenters. The summed E-state index contributed by atoms with van der Waals surface area (Å²) >= 11 is 0. The van der Waals surface area contributed by atoms with E-state index in [9.17, 15) is 19.4 Å². The maximum atomic E-state index is 12.9. The van der Waals surface area contributed by atoms with Crippen molar-refractivity contribution in [1.29, 1.82) is 5.26 Å². The van der Waals surface area contributed by atoms with Crippen LogP contribution in [0.2, 0.25) is 0 Å². The molecule has 1 aromatic carbocycles. The number of halogens is 1. The molecule has 1 aromatic rings. The van der Waals surface area contributed by atoms with Crippen molar-refractivity contribution in [2.24, 2.45) is 0 Å². The first-order valence-electron chi connectivity index (χ1n) is 5.25. The summed E-state index contributed by atoms with van der Waals surface area (Å²) in [6.07, 6.45) is -2.64. The third kappa shape index (κ3) is 3.52. The first kappa shape index (κ1) is 14.1. The number of aliphatic hydroxyl groups is 2. The Kier molecular flexibility index (Phi) is 4.77. The fourth-order valence-corrected chi connectivity index (χ4v) is 1.45. The van der Waals surface area contributed by atoms with Crippen LogP contribution in [0.3, 0.4) is 0 Å². The largest absolute Gasteiger partial charge is 0.388 e. The van der Waals surface area contributed by atoms with Crippen molar-refractivity contribution in [1.82, 2.24) is 5.32 Å². The van der Waals surface area contributed by atoms with E-state index >= 15 is 0 Å². The van der Waals surface area contributed by atoms with E-state index in [0.717, 1.165) is 12.1 Å². The number of hydrogen-bond acceptors (Lipinski definition) is 4. The van der Waals surface area contributed by atoms with E-state index in [0.29, 0.717) is 0 Å². The number of carbonyl (C=O) groups excluding carboxylic acids is 1. The van der Waals surface area contributed by atoms with E-state index in [4.69, 9.17) is 5.26 Å². The molecule has 0 radical (unpaired) electrons. The Bertz CT molecular complexity index is 485. The Balaban J connectivity index is 2.86. The maximum absolute atomic E-state index is 12.9. The van der Waals surface area contributed by atoms with Crippen LogP contribution < -0.4 is 5.32 Å². The van der Waals surface area contributed by atoms with Crippen molar-refractivity contribution >= 4 is 5.91 Å². The molecule has 0 heterocycles. The lowest BCUT2D eigenvalue weighted by molar-refractivity contribution is -0.119. The predicted molar refractivity (Wildman–Crippen MR) is 60.8 cm³/mol. The van der Waals surface area contributed by atoms with Crippen LogP contribution in [0.1, 0.15) is 24.2 Å². The quantitative estimate of drug-likeness (QED) is 0.715. The molecule has 0 saturated carbocycles. The number of benzene rings is 1. The highest BCUT2D eigenvalue weighted by molar-refractivity contribution is 5.72. The van der Waals surface area contributed by atoms with Crippen LogP contribution in [0.15, 0.2) is 18.2 Å². The number of nitrogens with one attached hydrogen (secondary N) is 1. The second-order valence-corrected chi connectivity index (χ2v) is 3.79. The van der Waals surface area contributed by atoms with Crippen molar-refractivity contribution in [3.63, 3.8) is 0 Å². The van der Waals surface area contributed by atoms with Crippen LogP contribution in [0.5, 0.6) is 0 Å². The minimum Gasteiger partial charge on any atom is -0.388 e. The van der Waals surface area contributed by atoms with Crippen molar-refractivity contribution < 1.29 is 19.4 Å². The summed E-state index contributed by atoms with van der Waals surface area (Å²) in [5, 5.41) is 30.6. The summed E-state index contributed by atoms with van der Waals surface area (Å²) in [5.74, 6) is -0.945. The van der Waals surface area contributed by atoms with E-state index in [1.165, 1.54) is 13.0 Å². The number of carbonyl (C=O) groups is 1. The van der Waals surface area contributed by atoms with Gasteiger partial charge >= 0.3 is 0 Å². The zero-order valence-corrected chi connectivity index (χ0v) is 9.72. The van der Waals surface area contributed by atoms with Crippen LogP contribution in [0.4, 0.5) is 4.39 Å². The summed E-state index contributed by atoms with van der Waals surface area (Å²) in [6, 6.07) is 5.03. The molecule has 1 rings (SSSR count). The average molecular weight is 252 g/mol. The van der Waals surface area contributed by atoms with Crippen molar-refractivity contribution in [3.05, 3.63) is 35.1 Å². The lowest BCUT2D eigenvalue weighted by atomic mass is 9.99. The zero-order valence-electron chi connectivity index (χ0n) is 9.72. The molecule has 0 aliphatic carbocycles. The first-order chi connectivity index (χ1) is 8.45. The summed E-state index contributed by atoms with van der Waals surface area (Å²) in [5.41, 5.74) is 0.0705. The molecule has 6 heteroatoms. The fraction of sp³-hybridized carbons (Fsp3) is 0.333. The summed E-state index contributed by atoms with van der Waals surface area (Å²) in [6.45, 7) is 1.12. The SMILES string of the molecule is CC(=O)NCC(O)C(O)c1ccc(F)cc1C#N. The van der Waals surface area contributed by atoms with Crippen molar-refractivity contribution in [2.45, 2.75) is 19.1 Å². The van der Waals surface area contributed by atoms with E-state index in [2.05, 4.69) is 5.32 Å². The molecule has 0 fully saturated rings. The highest BCUT2D eigenvalue weighted by Gasteiger charge is 2.21. The number of rotatable bonds is 4. The van der Waals surface area contributed by atoms with Gasteiger partial charge in [-0.15, -0.1) is 0 Å². The summed E-state index contributed by atoms with van der Waals surface area (Å²) < 4.78 is 12.9. The standard InChI is InChI=1S/C12H13FN2O3/c1-7(16)15-6-11(17)12(18)10-3-2-9(13)4-8(10)5-14/h2-4,11-12,17-18H,6H2,1H3,(H,15,16). The smallest absolute Gasteiger partial charge is 0.216 e. The molecule has 5 nitrogen and oxygen atoms in total. The molecule has 0 saturated heterocycles. The van der Waals surface area contributed by atoms with Crippen LogP contribution in [-0.4, -0.2) is 28.8 Å². The summed E-state index contributed by atoms with van der Waals surface area (Å²) in [4.78, 5) is 10.7. The predicted octanol–water partition coefficient (Wildman–Crippen LogP) is 0.228. The minimum absolute atomic E-state index is 0.0515. The Labute approximate surface area is 103 Å². The van der Waals surface area contributed by atoms with Crippen molar-refractivity contribution in [3.8, 4) is 6.07 Å². The monoisotopic (exact) mass is 252 g/mol. The van der Waals surface area contributed by atoms with E-state index in [1.807, 2.05) is 0 Å². The number of aliphatic hydroxyl groups excluding tert-OH is 2. The van der Waals surface area contributed by atoms with Gasteiger partial charge in [-0.25, -0.2) is 4.39 Å². The van der Waals surface area contributed by atoms with Crippen LogP contribution >= 0.6 is 0 Å². The molecular weight excluding hydrogens is 239 g/mol. The van der Waals surface area contributed by atoms with Gasteiger partial charge < -0.3 is 15.5 Å². The van der Waals surface area contributed by atoms with Gasteiger partial charge in [0, 0.05) is 19.0 Å². The molecule has 1 amide bonds. The number of nitriles is 1. The Morgan fingerprint density at radius 3 is 2.78 bits per heavy atom. The lowest BCUT2D eigenvalue weighted by Gasteiger charge is -2.19. The van der Waals surface area contributed by atoms with Gasteiger partial charge in [-0.3, -0.25) is 4.79 Å². The Morgan fingerprint density at radius 2 is 2.22 bits per heavy atom. The third-order valence-electron chi connectivity index (χ3n) is 2.38. The second-order valence-electron chi connectivity index (χ2n) is 3.79. The van der Waals surface area contributed by atoms with Gasteiger partial charge in [-0.1, -0.05) is 6.07 Å². The number of nitrogens with zero attached hydrogens (tertiary/aromatic N) is 1. The van der Waals surface area contributed by atoms with E-state index in [-0.39, 0.29) is 23.6 Å². The van der Waals surface area contributed by atoms with Gasteiger partial charge in [0.2, 0.25) is 5.91 Å². The zero-order chi connectivity index (χ0) is 13.7. The molecule has 3 N–H and O–H groups in total. The average Bonchev–Trinajstić information content (AvgIpc) is 2.34. The van der Waals surface area contributed by atoms with Gasteiger partial charge in [-0.05, 0) is 12.1 Å². The molecule has 0 aliphatic heterocycles. The van der Waals surface area contributed by atoms with Crippen molar-refractivity contribution in [2.75, 3.05) is 6.54 Å². The molecule has 2 atom stereocenters. The molecule has 0 aromatic heterocycles. The first-order valence-corrected chi connectivity index (χ1v) is 5.25. The van der Waals surface area contributed by atoms with Gasteiger partial charge in [0.15, 0.2) is 0 Å². The lowest BCUT2D eigenvalue weighted by Crippen LogP contribution is -2.34. The molecule has 96 valence electrons. The maximum Gasteiger partial charge on any atom is 0.216 e. The van der Waals surface area contributed by atoms with Gasteiger partial charge in [0.25, 0.3) is 0 Å². The normalized spacial score (nSPS) is 13.5. The molecule has 0 spiro atoms. The van der Waals surface area contributed by atoms with Crippen LogP contribution in [-0.2, 0) is 4.79 Å². The Hall–Kier alpha value is -1.97. The highest BCUT2D eigenvalue weighted by Crippen LogP contribution is 2.21. The van der Waals surface area contributed by atoms with Crippen LogP contribution in [0, 0.1) is 17.1 Å². The molecule has 0 bridgehead atoms. The summed E-state index contributed by atoms with van der Waals surface area (Å²) in [7, 11) is 0. The number of amides is 1.